The van der Waals surface area contributed by atoms with Gasteiger partial charge in [-0.1, -0.05) is 18.6 Å². The first-order valence-electron chi connectivity index (χ1n) is 9.97. The minimum absolute atomic E-state index is 0.00476. The third-order valence-corrected chi connectivity index (χ3v) is 7.24. The van der Waals surface area contributed by atoms with Crippen LogP contribution in [-0.2, 0) is 14.3 Å². The molecule has 0 bridgehead atoms. The van der Waals surface area contributed by atoms with Crippen LogP contribution in [-0.4, -0.2) is 27.9 Å². The fourth-order valence-electron chi connectivity index (χ4n) is 4.61. The number of hydrogen-bond donors (Lipinski definition) is 1. The van der Waals surface area contributed by atoms with Crippen molar-refractivity contribution in [1.82, 2.24) is 4.98 Å². The lowest BCUT2D eigenvalue weighted by molar-refractivity contribution is -0.131. The number of thiazole rings is 1. The second-order valence-electron chi connectivity index (χ2n) is 7.97. The molecule has 3 heterocycles. The van der Waals surface area contributed by atoms with Crippen molar-refractivity contribution in [3.8, 4) is 5.75 Å². The summed E-state index contributed by atoms with van der Waals surface area (Å²) in [5, 5.41) is 10.6. The van der Waals surface area contributed by atoms with E-state index in [1.165, 1.54) is 11.3 Å². The number of ketones is 1. The molecule has 3 unspecified atom stereocenters. The van der Waals surface area contributed by atoms with Gasteiger partial charge in [0.25, 0.3) is 5.91 Å². The summed E-state index contributed by atoms with van der Waals surface area (Å²) in [5.74, 6) is -0.258. The highest BCUT2D eigenvalue weighted by molar-refractivity contribution is 7.15. The van der Waals surface area contributed by atoms with Gasteiger partial charge in [-0.25, -0.2) is 4.98 Å². The number of ether oxygens (including phenoxy) is 1. The first-order chi connectivity index (χ1) is 14.0. The van der Waals surface area contributed by atoms with Gasteiger partial charge in [-0.15, -0.1) is 11.3 Å². The number of amides is 1. The number of carbonyl (C=O) groups is 2. The number of Topliss-reactive ketones (excluding diaryl/α,β-unsaturated/α-hetero) is 1. The van der Waals surface area contributed by atoms with Crippen LogP contribution in [0.15, 0.2) is 35.6 Å². The lowest BCUT2D eigenvalue weighted by Crippen LogP contribution is -2.39. The molecule has 1 aromatic heterocycles. The number of hydrogen-bond acceptors (Lipinski definition) is 6. The van der Waals surface area contributed by atoms with E-state index in [4.69, 9.17) is 4.74 Å². The molecule has 2 aromatic rings. The molecule has 3 aliphatic rings. The Kier molecular flexibility index (Phi) is 4.24. The van der Waals surface area contributed by atoms with Crippen LogP contribution in [0.4, 0.5) is 5.13 Å². The van der Waals surface area contributed by atoms with Crippen LogP contribution in [0.25, 0.3) is 0 Å². The average Bonchev–Trinajstić information content (AvgIpc) is 3.19. The van der Waals surface area contributed by atoms with Crippen molar-refractivity contribution in [3.05, 3.63) is 51.7 Å². The fourth-order valence-corrected chi connectivity index (χ4v) is 5.55. The van der Waals surface area contributed by atoms with E-state index in [2.05, 4.69) is 4.98 Å². The van der Waals surface area contributed by atoms with Gasteiger partial charge in [-0.05, 0) is 50.8 Å². The number of aromatic nitrogens is 1. The average molecular weight is 410 g/mol. The Labute approximate surface area is 172 Å². The first kappa shape index (κ1) is 18.4. The number of fused-ring (bicyclic) bond motifs is 1. The Balaban J connectivity index is 1.67. The SMILES string of the molecule is Cc1nc(N2C(=O)C3=C(C(=O)C4CCCCC4O3)C2c2cccc(O)c2)sc1C. The Morgan fingerprint density at radius 3 is 2.72 bits per heavy atom. The number of benzene rings is 1. The standard InChI is InChI=1S/C22H22N2O4S/c1-11-12(2)29-22(23-11)24-18(13-6-5-7-14(25)10-13)17-19(26)15-8-3-4-9-16(15)28-20(17)21(24)27/h5-7,10,15-16,18,25H,3-4,8-9H2,1-2H3. The van der Waals surface area contributed by atoms with Gasteiger partial charge in [0, 0.05) is 4.88 Å². The molecule has 0 spiro atoms. The fraction of sp³-hybridized carbons (Fsp3) is 0.409. The van der Waals surface area contributed by atoms with Crippen LogP contribution < -0.4 is 4.90 Å². The van der Waals surface area contributed by atoms with Gasteiger partial charge in [-0.3, -0.25) is 14.5 Å². The van der Waals surface area contributed by atoms with Crippen molar-refractivity contribution < 1.29 is 19.4 Å². The highest BCUT2D eigenvalue weighted by atomic mass is 32.1. The zero-order valence-electron chi connectivity index (χ0n) is 16.3. The Bertz CT molecular complexity index is 1040. The predicted octanol–water partition coefficient (Wildman–Crippen LogP) is 3.97. The number of phenols is 1. The number of anilines is 1. The molecular formula is C22H22N2O4S. The zero-order chi connectivity index (χ0) is 20.3. The molecule has 0 radical (unpaired) electrons. The topological polar surface area (TPSA) is 79.7 Å². The summed E-state index contributed by atoms with van der Waals surface area (Å²) in [7, 11) is 0. The maximum atomic E-state index is 13.5. The summed E-state index contributed by atoms with van der Waals surface area (Å²) in [5.41, 5.74) is 1.95. The van der Waals surface area contributed by atoms with E-state index in [0.29, 0.717) is 16.3 Å². The molecule has 5 rings (SSSR count). The van der Waals surface area contributed by atoms with E-state index in [9.17, 15) is 14.7 Å². The van der Waals surface area contributed by atoms with E-state index in [1.54, 1.807) is 23.1 Å². The van der Waals surface area contributed by atoms with Crippen molar-refractivity contribution in [2.45, 2.75) is 51.7 Å². The van der Waals surface area contributed by atoms with Gasteiger partial charge in [0.15, 0.2) is 16.7 Å². The molecule has 1 fully saturated rings. The molecule has 1 aliphatic carbocycles. The summed E-state index contributed by atoms with van der Waals surface area (Å²) in [6, 6.07) is 6.10. The van der Waals surface area contributed by atoms with E-state index in [-0.39, 0.29) is 35.2 Å². The summed E-state index contributed by atoms with van der Waals surface area (Å²) in [4.78, 5) is 34.1. The van der Waals surface area contributed by atoms with Gasteiger partial charge in [0.1, 0.15) is 11.9 Å². The lowest BCUT2D eigenvalue weighted by atomic mass is 9.77. The monoisotopic (exact) mass is 410 g/mol. The normalized spacial score (nSPS) is 26.4. The summed E-state index contributed by atoms with van der Waals surface area (Å²) >= 11 is 1.43. The molecule has 0 saturated heterocycles. The molecule has 6 nitrogen and oxygen atoms in total. The second-order valence-corrected chi connectivity index (χ2v) is 9.15. The van der Waals surface area contributed by atoms with Gasteiger partial charge < -0.3 is 9.84 Å². The molecule has 7 heteroatoms. The van der Waals surface area contributed by atoms with Gasteiger partial charge in [0.2, 0.25) is 0 Å². The van der Waals surface area contributed by atoms with E-state index < -0.39 is 6.04 Å². The van der Waals surface area contributed by atoms with Crippen molar-refractivity contribution in [3.63, 3.8) is 0 Å². The van der Waals surface area contributed by atoms with Crippen LogP contribution in [0.2, 0.25) is 0 Å². The molecule has 3 atom stereocenters. The molecular weight excluding hydrogens is 388 g/mol. The molecule has 150 valence electrons. The summed E-state index contributed by atoms with van der Waals surface area (Å²) < 4.78 is 6.15. The van der Waals surface area contributed by atoms with Crippen molar-refractivity contribution in [1.29, 1.82) is 0 Å². The van der Waals surface area contributed by atoms with Gasteiger partial charge in [0.05, 0.1) is 23.2 Å². The van der Waals surface area contributed by atoms with Gasteiger partial charge in [-0.2, -0.15) is 0 Å². The van der Waals surface area contributed by atoms with Crippen LogP contribution in [0.5, 0.6) is 5.75 Å². The molecule has 2 aliphatic heterocycles. The maximum Gasteiger partial charge on any atom is 0.296 e. The van der Waals surface area contributed by atoms with Crippen molar-refractivity contribution in [2.75, 3.05) is 4.90 Å². The highest BCUT2D eigenvalue weighted by Crippen LogP contribution is 2.49. The van der Waals surface area contributed by atoms with E-state index in [0.717, 1.165) is 36.3 Å². The van der Waals surface area contributed by atoms with Gasteiger partial charge >= 0.3 is 0 Å². The Morgan fingerprint density at radius 2 is 2.00 bits per heavy atom. The largest absolute Gasteiger partial charge is 0.508 e. The van der Waals surface area contributed by atoms with Crippen molar-refractivity contribution in [2.24, 2.45) is 5.92 Å². The summed E-state index contributed by atoms with van der Waals surface area (Å²) in [6.45, 7) is 3.87. The number of carbonyl (C=O) groups excluding carboxylic acids is 2. The molecule has 1 saturated carbocycles. The molecule has 1 aromatic carbocycles. The number of aromatic hydroxyl groups is 1. The minimum atomic E-state index is -0.634. The number of aryl methyl sites for hydroxylation is 2. The minimum Gasteiger partial charge on any atom is -0.508 e. The number of nitrogens with zero attached hydrogens (tertiary/aromatic N) is 2. The first-order valence-corrected chi connectivity index (χ1v) is 10.8. The highest BCUT2D eigenvalue weighted by Gasteiger charge is 2.53. The molecule has 29 heavy (non-hydrogen) atoms. The smallest absolute Gasteiger partial charge is 0.296 e. The number of rotatable bonds is 2. The Morgan fingerprint density at radius 1 is 1.21 bits per heavy atom. The Hall–Kier alpha value is -2.67. The van der Waals surface area contributed by atoms with Crippen LogP contribution in [0, 0.1) is 19.8 Å². The van der Waals surface area contributed by atoms with Crippen LogP contribution in [0.1, 0.15) is 47.9 Å². The van der Waals surface area contributed by atoms with Crippen LogP contribution in [0.3, 0.4) is 0 Å². The third kappa shape index (κ3) is 2.79. The third-order valence-electron chi connectivity index (χ3n) is 6.17. The summed E-state index contributed by atoms with van der Waals surface area (Å²) in [6.07, 6.45) is 3.38. The number of phenolic OH excluding ortho intramolecular Hbond substituents is 1. The molecule has 1 amide bonds. The van der Waals surface area contributed by atoms with E-state index in [1.807, 2.05) is 19.9 Å². The van der Waals surface area contributed by atoms with Crippen molar-refractivity contribution >= 4 is 28.2 Å². The second kappa shape index (κ2) is 6.69. The van der Waals surface area contributed by atoms with Crippen LogP contribution >= 0.6 is 11.3 Å². The lowest BCUT2D eigenvalue weighted by Gasteiger charge is -2.35. The van der Waals surface area contributed by atoms with E-state index >= 15 is 0 Å². The predicted molar refractivity (Wildman–Crippen MR) is 109 cm³/mol. The quantitative estimate of drug-likeness (QED) is 0.810. The maximum absolute atomic E-state index is 13.5. The molecule has 1 N–H and O–H groups in total. The zero-order valence-corrected chi connectivity index (χ0v) is 17.2.